The number of rotatable bonds is 5. The van der Waals surface area contributed by atoms with Crippen molar-refractivity contribution >= 4 is 41.3 Å². The summed E-state index contributed by atoms with van der Waals surface area (Å²) in [6.45, 7) is 4.66. The summed E-state index contributed by atoms with van der Waals surface area (Å²) in [4.78, 5) is 6.79. The topological polar surface area (TPSA) is 53.6 Å². The van der Waals surface area contributed by atoms with Crippen molar-refractivity contribution < 1.29 is 0 Å². The average molecular weight is 448 g/mol. The van der Waals surface area contributed by atoms with Crippen LogP contribution in [0.25, 0.3) is 0 Å². The van der Waals surface area contributed by atoms with E-state index in [1.165, 1.54) is 11.3 Å². The molecule has 0 saturated carbocycles. The zero-order valence-electron chi connectivity index (χ0n) is 14.5. The number of aliphatic imine (C=N–C) groups is 1. The molecule has 5 heteroatoms. The van der Waals surface area contributed by atoms with Crippen LogP contribution in [0, 0.1) is 0 Å². The Hall–Kier alpha value is -2.02. The van der Waals surface area contributed by atoms with Crippen molar-refractivity contribution in [1.29, 1.82) is 0 Å². The Morgan fingerprint density at radius 2 is 1.80 bits per heavy atom. The van der Waals surface area contributed by atoms with E-state index in [9.17, 15) is 0 Å². The fraction of sp³-hybridized carbons (Fsp3) is 0.250. The summed E-state index contributed by atoms with van der Waals surface area (Å²) in [7, 11) is 0. The second-order valence-corrected chi connectivity index (χ2v) is 5.93. The normalized spacial score (nSPS) is 13.6. The van der Waals surface area contributed by atoms with Gasteiger partial charge in [0.2, 0.25) is 0 Å². The van der Waals surface area contributed by atoms with E-state index in [2.05, 4.69) is 70.7 Å². The lowest BCUT2D eigenvalue weighted by Crippen LogP contribution is -2.22. The van der Waals surface area contributed by atoms with Gasteiger partial charge in [0.05, 0.1) is 6.54 Å². The number of halogens is 1. The number of hydrogen-bond donors (Lipinski definition) is 2. The maximum absolute atomic E-state index is 6.02. The van der Waals surface area contributed by atoms with Crippen LogP contribution in [0.5, 0.6) is 0 Å². The molecule has 3 N–H and O–H groups in total. The molecule has 0 bridgehead atoms. The molecule has 0 saturated heterocycles. The van der Waals surface area contributed by atoms with Crippen LogP contribution in [0.3, 0.4) is 0 Å². The molecule has 0 aliphatic carbocycles. The van der Waals surface area contributed by atoms with Gasteiger partial charge in [-0.1, -0.05) is 43.3 Å². The van der Waals surface area contributed by atoms with Crippen molar-refractivity contribution in [3.05, 3.63) is 71.8 Å². The van der Waals surface area contributed by atoms with Crippen LogP contribution in [0.2, 0.25) is 0 Å². The van der Waals surface area contributed by atoms with Gasteiger partial charge in [-0.25, -0.2) is 4.99 Å². The van der Waals surface area contributed by atoms with Crippen LogP contribution in [0.15, 0.2) is 65.7 Å². The predicted octanol–water partition coefficient (Wildman–Crippen LogP) is 4.17. The molecule has 2 aromatic rings. The molecule has 0 aromatic heterocycles. The van der Waals surface area contributed by atoms with Crippen molar-refractivity contribution in [2.45, 2.75) is 19.9 Å². The van der Waals surface area contributed by atoms with Crippen molar-refractivity contribution in [2.75, 3.05) is 23.3 Å². The molecule has 0 unspecified atom stereocenters. The van der Waals surface area contributed by atoms with Crippen LogP contribution in [-0.4, -0.2) is 19.0 Å². The number of aryl methyl sites for hydroxylation is 1. The fourth-order valence-corrected chi connectivity index (χ4v) is 2.77. The van der Waals surface area contributed by atoms with E-state index in [0.717, 1.165) is 30.8 Å². The Labute approximate surface area is 166 Å². The first kappa shape index (κ1) is 19.3. The first-order valence-electron chi connectivity index (χ1n) is 8.39. The summed E-state index contributed by atoms with van der Waals surface area (Å²) in [5.41, 5.74) is 10.7. The minimum absolute atomic E-state index is 0. The summed E-state index contributed by atoms with van der Waals surface area (Å²) < 4.78 is 0. The van der Waals surface area contributed by atoms with Crippen molar-refractivity contribution in [3.8, 4) is 0 Å². The summed E-state index contributed by atoms with van der Waals surface area (Å²) in [6, 6.07) is 16.7. The van der Waals surface area contributed by atoms with Gasteiger partial charge in [0, 0.05) is 24.5 Å². The Morgan fingerprint density at radius 3 is 2.56 bits per heavy atom. The predicted molar refractivity (Wildman–Crippen MR) is 118 cm³/mol. The SMILES string of the molecule is CCc1cccc(NC(N)=NCc2cccc(N3CC=CC3)c2)c1.I. The van der Waals surface area contributed by atoms with Gasteiger partial charge in [0.1, 0.15) is 0 Å². The highest BCUT2D eigenvalue weighted by Crippen LogP contribution is 2.19. The first-order chi connectivity index (χ1) is 11.7. The molecule has 1 heterocycles. The minimum atomic E-state index is 0. The Morgan fingerprint density at radius 1 is 1.08 bits per heavy atom. The van der Waals surface area contributed by atoms with E-state index < -0.39 is 0 Å². The van der Waals surface area contributed by atoms with Gasteiger partial charge in [-0.2, -0.15) is 0 Å². The maximum atomic E-state index is 6.02. The summed E-state index contributed by atoms with van der Waals surface area (Å²) in [5.74, 6) is 0.441. The molecular formula is C20H25IN4. The molecule has 4 nitrogen and oxygen atoms in total. The lowest BCUT2D eigenvalue weighted by atomic mass is 10.1. The van der Waals surface area contributed by atoms with Gasteiger partial charge >= 0.3 is 0 Å². The summed E-state index contributed by atoms with van der Waals surface area (Å²) in [5, 5.41) is 3.16. The summed E-state index contributed by atoms with van der Waals surface area (Å²) in [6.07, 6.45) is 5.39. The molecule has 0 atom stereocenters. The van der Waals surface area contributed by atoms with E-state index in [-0.39, 0.29) is 24.0 Å². The fourth-order valence-electron chi connectivity index (χ4n) is 2.77. The second-order valence-electron chi connectivity index (χ2n) is 5.93. The van der Waals surface area contributed by atoms with Gasteiger partial charge in [-0.05, 0) is 41.8 Å². The lowest BCUT2D eigenvalue weighted by Gasteiger charge is -2.18. The molecular weight excluding hydrogens is 423 g/mol. The van der Waals surface area contributed by atoms with E-state index >= 15 is 0 Å². The zero-order valence-corrected chi connectivity index (χ0v) is 16.8. The Balaban J connectivity index is 0.00000225. The third-order valence-corrected chi connectivity index (χ3v) is 4.13. The van der Waals surface area contributed by atoms with Gasteiger partial charge in [0.15, 0.2) is 5.96 Å². The average Bonchev–Trinajstić information content (AvgIpc) is 3.15. The monoisotopic (exact) mass is 448 g/mol. The third kappa shape index (κ3) is 5.49. The zero-order chi connectivity index (χ0) is 16.8. The molecule has 25 heavy (non-hydrogen) atoms. The first-order valence-corrected chi connectivity index (χ1v) is 8.39. The van der Waals surface area contributed by atoms with Crippen molar-refractivity contribution in [3.63, 3.8) is 0 Å². The summed E-state index contributed by atoms with van der Waals surface area (Å²) >= 11 is 0. The van der Waals surface area contributed by atoms with Gasteiger partial charge < -0.3 is 16.0 Å². The van der Waals surface area contributed by atoms with Crippen LogP contribution >= 0.6 is 24.0 Å². The number of nitrogens with zero attached hydrogens (tertiary/aromatic N) is 2. The van der Waals surface area contributed by atoms with Crippen molar-refractivity contribution in [2.24, 2.45) is 10.7 Å². The molecule has 0 fully saturated rings. The molecule has 0 amide bonds. The smallest absolute Gasteiger partial charge is 0.193 e. The number of nitrogens with two attached hydrogens (primary N) is 1. The number of benzene rings is 2. The highest BCUT2D eigenvalue weighted by Gasteiger charge is 2.07. The minimum Gasteiger partial charge on any atom is -0.370 e. The highest BCUT2D eigenvalue weighted by atomic mass is 127. The lowest BCUT2D eigenvalue weighted by molar-refractivity contribution is 0.993. The Kier molecular flexibility index (Phi) is 7.31. The van der Waals surface area contributed by atoms with E-state index in [4.69, 9.17) is 5.73 Å². The van der Waals surface area contributed by atoms with Crippen LogP contribution in [0.1, 0.15) is 18.1 Å². The molecule has 0 spiro atoms. The van der Waals surface area contributed by atoms with E-state index in [0.29, 0.717) is 12.5 Å². The second kappa shape index (κ2) is 9.46. The third-order valence-electron chi connectivity index (χ3n) is 4.13. The molecule has 0 radical (unpaired) electrons. The van der Waals surface area contributed by atoms with Crippen LogP contribution in [-0.2, 0) is 13.0 Å². The molecule has 132 valence electrons. The number of hydrogen-bond acceptors (Lipinski definition) is 2. The molecule has 2 aromatic carbocycles. The van der Waals surface area contributed by atoms with Gasteiger partial charge in [-0.15, -0.1) is 24.0 Å². The van der Waals surface area contributed by atoms with E-state index in [1.807, 2.05) is 12.1 Å². The van der Waals surface area contributed by atoms with Gasteiger partial charge in [-0.3, -0.25) is 0 Å². The van der Waals surface area contributed by atoms with Crippen molar-refractivity contribution in [1.82, 2.24) is 0 Å². The standard InChI is InChI=1S/C20H24N4.HI/c1-2-16-7-5-9-18(13-16)23-20(21)22-15-17-8-6-10-19(14-17)24-11-3-4-12-24;/h3-10,13-14H,2,11-12,15H2,1H3,(H3,21,22,23);1H. The maximum Gasteiger partial charge on any atom is 0.193 e. The number of nitrogens with one attached hydrogen (secondary N) is 1. The largest absolute Gasteiger partial charge is 0.370 e. The number of guanidine groups is 1. The van der Waals surface area contributed by atoms with Gasteiger partial charge in [0.25, 0.3) is 0 Å². The highest BCUT2D eigenvalue weighted by molar-refractivity contribution is 14.0. The molecule has 1 aliphatic heterocycles. The van der Waals surface area contributed by atoms with Crippen LogP contribution in [0.4, 0.5) is 11.4 Å². The van der Waals surface area contributed by atoms with E-state index in [1.54, 1.807) is 0 Å². The number of anilines is 2. The molecule has 1 aliphatic rings. The quantitative estimate of drug-likeness (QED) is 0.313. The molecule has 3 rings (SSSR count). The Bertz CT molecular complexity index is 747. The van der Waals surface area contributed by atoms with Crippen LogP contribution < -0.4 is 16.0 Å².